The Labute approximate surface area is 146 Å². The zero-order chi connectivity index (χ0) is 19.0. The Balaban J connectivity index is 3.08. The molecule has 0 bridgehead atoms. The molecule has 138 valence electrons. The van der Waals surface area contributed by atoms with Crippen molar-refractivity contribution in [2.24, 2.45) is 0 Å². The Hall–Kier alpha value is -2.77. The van der Waals surface area contributed by atoms with E-state index in [4.69, 9.17) is 14.2 Å². The molecule has 1 N–H and O–H groups in total. The van der Waals surface area contributed by atoms with Crippen LogP contribution in [0.1, 0.15) is 31.9 Å². The van der Waals surface area contributed by atoms with Crippen molar-refractivity contribution in [2.45, 2.75) is 26.4 Å². The Morgan fingerprint density at radius 3 is 2.36 bits per heavy atom. The maximum Gasteiger partial charge on any atom is 0.349 e. The summed E-state index contributed by atoms with van der Waals surface area (Å²) in [6, 6.07) is 4.38. The third-order valence-corrected chi connectivity index (χ3v) is 3.09. The second-order valence-electron chi connectivity index (χ2n) is 5.46. The second-order valence-corrected chi connectivity index (χ2v) is 5.46. The van der Waals surface area contributed by atoms with Crippen LogP contribution in [0.25, 0.3) is 0 Å². The largest absolute Gasteiger partial charge is 0.490 e. The summed E-state index contributed by atoms with van der Waals surface area (Å²) < 4.78 is 15.9. The summed E-state index contributed by atoms with van der Waals surface area (Å²) >= 11 is 0. The first-order valence-electron chi connectivity index (χ1n) is 7.76. The molecule has 0 aromatic heterocycles. The molecule has 25 heavy (non-hydrogen) atoms. The maximum atomic E-state index is 11.7. The molecule has 1 atom stereocenters. The fraction of sp³-hybridized carbons (Fsp3) is 0.471. The van der Waals surface area contributed by atoms with Crippen LogP contribution in [0.15, 0.2) is 18.2 Å². The first-order valence-corrected chi connectivity index (χ1v) is 7.76. The first-order chi connectivity index (χ1) is 11.8. The second kappa shape index (κ2) is 9.51. The maximum absolute atomic E-state index is 11.7. The summed E-state index contributed by atoms with van der Waals surface area (Å²) in [5.41, 5.74) is 0.236. The van der Waals surface area contributed by atoms with Crippen LogP contribution in [0.5, 0.6) is 11.5 Å². The molecule has 8 nitrogen and oxygen atoms in total. The van der Waals surface area contributed by atoms with E-state index in [-0.39, 0.29) is 23.8 Å². The average Bonchev–Trinajstić information content (AvgIpc) is 2.55. The molecule has 0 aliphatic heterocycles. The molecule has 0 saturated heterocycles. The lowest BCUT2D eigenvalue weighted by molar-refractivity contribution is -0.163. The standard InChI is InChI=1S/C17H23NO7/c1-5-8-23-14-9-12(16(17(21)22)25-11(2)19)6-7-13(14)24-10-15(20)18(3)4/h6-7,9,16H,5,8,10H2,1-4H3,(H,21,22). The molecule has 1 unspecified atom stereocenters. The van der Waals surface area contributed by atoms with Crippen LogP contribution >= 0.6 is 0 Å². The molecule has 0 aliphatic rings. The van der Waals surface area contributed by atoms with Crippen molar-refractivity contribution in [1.29, 1.82) is 0 Å². The van der Waals surface area contributed by atoms with Gasteiger partial charge in [-0.05, 0) is 18.6 Å². The van der Waals surface area contributed by atoms with Gasteiger partial charge >= 0.3 is 11.9 Å². The van der Waals surface area contributed by atoms with Gasteiger partial charge in [-0.2, -0.15) is 0 Å². The predicted octanol–water partition coefficient (Wildman–Crippen LogP) is 1.63. The zero-order valence-corrected chi connectivity index (χ0v) is 14.8. The van der Waals surface area contributed by atoms with Crippen molar-refractivity contribution < 1.29 is 33.7 Å². The number of ether oxygens (including phenoxy) is 3. The van der Waals surface area contributed by atoms with E-state index < -0.39 is 18.0 Å². The summed E-state index contributed by atoms with van der Waals surface area (Å²) in [4.78, 5) is 35.5. The van der Waals surface area contributed by atoms with Crippen molar-refractivity contribution >= 4 is 17.8 Å². The van der Waals surface area contributed by atoms with Crippen LogP contribution in [-0.4, -0.2) is 55.2 Å². The highest BCUT2D eigenvalue weighted by molar-refractivity contribution is 5.79. The molecule has 0 saturated carbocycles. The molecule has 1 aromatic rings. The number of hydrogen-bond acceptors (Lipinski definition) is 6. The number of benzene rings is 1. The molecule has 0 radical (unpaired) electrons. The van der Waals surface area contributed by atoms with Gasteiger partial charge in [0.05, 0.1) is 6.61 Å². The van der Waals surface area contributed by atoms with Gasteiger partial charge in [0.15, 0.2) is 18.1 Å². The van der Waals surface area contributed by atoms with Gasteiger partial charge in [0.25, 0.3) is 5.91 Å². The summed E-state index contributed by atoms with van der Waals surface area (Å²) in [6.45, 7) is 3.25. The van der Waals surface area contributed by atoms with Crippen molar-refractivity contribution in [3.8, 4) is 11.5 Å². The molecule has 8 heteroatoms. The van der Waals surface area contributed by atoms with E-state index >= 15 is 0 Å². The number of carboxylic acid groups (broad SMARTS) is 1. The Morgan fingerprint density at radius 1 is 1.16 bits per heavy atom. The summed E-state index contributed by atoms with van der Waals surface area (Å²) in [6.07, 6.45) is -0.717. The van der Waals surface area contributed by atoms with Gasteiger partial charge in [0, 0.05) is 26.6 Å². The van der Waals surface area contributed by atoms with Crippen LogP contribution < -0.4 is 9.47 Å². The van der Waals surface area contributed by atoms with Gasteiger partial charge in [-0.3, -0.25) is 9.59 Å². The van der Waals surface area contributed by atoms with Gasteiger partial charge < -0.3 is 24.2 Å². The highest BCUT2D eigenvalue weighted by Crippen LogP contribution is 2.32. The molecule has 1 aromatic carbocycles. The monoisotopic (exact) mass is 353 g/mol. The Kier molecular flexibility index (Phi) is 7.71. The van der Waals surface area contributed by atoms with Gasteiger partial charge in [0.2, 0.25) is 6.10 Å². The van der Waals surface area contributed by atoms with E-state index in [0.717, 1.165) is 13.3 Å². The van der Waals surface area contributed by atoms with Crippen LogP contribution in [0.4, 0.5) is 0 Å². The SMILES string of the molecule is CCCOc1cc(C(OC(C)=O)C(=O)O)ccc1OCC(=O)N(C)C. The van der Waals surface area contributed by atoms with E-state index in [1.165, 1.54) is 23.1 Å². The molecule has 0 heterocycles. The number of esters is 1. The van der Waals surface area contributed by atoms with Gasteiger partial charge in [-0.15, -0.1) is 0 Å². The number of carbonyl (C=O) groups is 3. The minimum Gasteiger partial charge on any atom is -0.490 e. The fourth-order valence-electron chi connectivity index (χ4n) is 1.83. The summed E-state index contributed by atoms with van der Waals surface area (Å²) in [5, 5.41) is 9.25. The molecule has 1 rings (SSSR count). The third kappa shape index (κ3) is 6.33. The minimum absolute atomic E-state index is 0.179. The smallest absolute Gasteiger partial charge is 0.349 e. The number of likely N-dealkylation sites (N-methyl/N-ethyl adjacent to an activating group) is 1. The third-order valence-electron chi connectivity index (χ3n) is 3.09. The molecular formula is C17H23NO7. The topological polar surface area (TPSA) is 102 Å². The Bertz CT molecular complexity index is 627. The molecule has 0 fully saturated rings. The van der Waals surface area contributed by atoms with Crippen molar-refractivity contribution in [1.82, 2.24) is 4.90 Å². The van der Waals surface area contributed by atoms with Crippen molar-refractivity contribution in [2.75, 3.05) is 27.3 Å². The lowest BCUT2D eigenvalue weighted by Crippen LogP contribution is -2.27. The normalized spacial score (nSPS) is 11.4. The van der Waals surface area contributed by atoms with E-state index in [1.54, 1.807) is 14.1 Å². The quantitative estimate of drug-likeness (QED) is 0.673. The summed E-state index contributed by atoms with van der Waals surface area (Å²) in [5.74, 6) is -1.65. The van der Waals surface area contributed by atoms with Crippen LogP contribution in [0, 0.1) is 0 Å². The number of aliphatic carboxylic acids is 1. The first kappa shape index (κ1) is 20.3. The number of amides is 1. The lowest BCUT2D eigenvalue weighted by atomic mass is 10.1. The van der Waals surface area contributed by atoms with Gasteiger partial charge in [-0.1, -0.05) is 13.0 Å². The fourth-order valence-corrected chi connectivity index (χ4v) is 1.83. The van der Waals surface area contributed by atoms with Crippen molar-refractivity contribution in [3.63, 3.8) is 0 Å². The van der Waals surface area contributed by atoms with E-state index in [9.17, 15) is 19.5 Å². The Morgan fingerprint density at radius 2 is 1.84 bits per heavy atom. The average molecular weight is 353 g/mol. The van der Waals surface area contributed by atoms with Gasteiger partial charge in [-0.25, -0.2) is 4.79 Å². The highest BCUT2D eigenvalue weighted by atomic mass is 16.6. The van der Waals surface area contributed by atoms with Crippen LogP contribution in [0.2, 0.25) is 0 Å². The van der Waals surface area contributed by atoms with Crippen molar-refractivity contribution in [3.05, 3.63) is 23.8 Å². The number of rotatable bonds is 9. The minimum atomic E-state index is -1.45. The van der Waals surface area contributed by atoms with Crippen LogP contribution in [-0.2, 0) is 19.1 Å². The van der Waals surface area contributed by atoms with Crippen LogP contribution in [0.3, 0.4) is 0 Å². The predicted molar refractivity (Wildman–Crippen MR) is 88.6 cm³/mol. The molecule has 1 amide bonds. The molecule has 0 spiro atoms. The summed E-state index contributed by atoms with van der Waals surface area (Å²) in [7, 11) is 3.22. The number of carboxylic acids is 1. The van der Waals surface area contributed by atoms with E-state index in [0.29, 0.717) is 12.4 Å². The number of hydrogen-bond donors (Lipinski definition) is 1. The number of carbonyl (C=O) groups excluding carboxylic acids is 2. The molecule has 0 aliphatic carbocycles. The zero-order valence-electron chi connectivity index (χ0n) is 14.8. The van der Waals surface area contributed by atoms with E-state index in [2.05, 4.69) is 0 Å². The van der Waals surface area contributed by atoms with Gasteiger partial charge in [0.1, 0.15) is 0 Å². The highest BCUT2D eigenvalue weighted by Gasteiger charge is 2.24. The number of nitrogens with zero attached hydrogens (tertiary/aromatic N) is 1. The lowest BCUT2D eigenvalue weighted by Gasteiger charge is -2.17. The molecular weight excluding hydrogens is 330 g/mol. The van der Waals surface area contributed by atoms with E-state index in [1.807, 2.05) is 6.92 Å².